The number of thiazole rings is 1. The maximum absolute atomic E-state index is 12.8. The molecular formula is C24H28F3N5O2S. The molecule has 3 heterocycles. The smallest absolute Gasteiger partial charge is 0.422 e. The van der Waals surface area contributed by atoms with Crippen LogP contribution in [-0.4, -0.2) is 57.9 Å². The van der Waals surface area contributed by atoms with Crippen molar-refractivity contribution in [1.29, 1.82) is 0 Å². The normalized spacial score (nSPS) is 21.1. The first-order chi connectivity index (χ1) is 16.8. The number of H-pyrrole nitrogens is 1. The summed E-state index contributed by atoms with van der Waals surface area (Å²) in [6.07, 6.45) is 3.29. The van der Waals surface area contributed by atoms with Crippen molar-refractivity contribution < 1.29 is 22.7 Å². The summed E-state index contributed by atoms with van der Waals surface area (Å²) >= 11 is 1.23. The number of rotatable bonds is 7. The number of aromatic nitrogens is 3. The predicted octanol–water partition coefficient (Wildman–Crippen LogP) is 4.70. The van der Waals surface area contributed by atoms with Gasteiger partial charge in [0.2, 0.25) is 0 Å². The zero-order valence-electron chi connectivity index (χ0n) is 19.2. The monoisotopic (exact) mass is 507 g/mol. The number of benzene rings is 1. The van der Waals surface area contributed by atoms with Crippen LogP contribution in [0.5, 0.6) is 5.19 Å². The first-order valence-electron chi connectivity index (χ1n) is 12.0. The lowest BCUT2D eigenvalue weighted by atomic mass is 9.84. The number of nitrogens with one attached hydrogen (secondary N) is 2. The topological polar surface area (TPSA) is 83.1 Å². The Bertz CT molecular complexity index is 1170. The molecule has 0 bridgehead atoms. The van der Waals surface area contributed by atoms with Crippen LogP contribution in [0.4, 0.5) is 13.2 Å². The summed E-state index contributed by atoms with van der Waals surface area (Å²) < 4.78 is 42.0. The molecule has 11 heteroatoms. The summed E-state index contributed by atoms with van der Waals surface area (Å²) in [5.74, 6) is 0.564. The Morgan fingerprint density at radius 2 is 2.09 bits per heavy atom. The summed E-state index contributed by atoms with van der Waals surface area (Å²) in [6.45, 7) is 1.19. The number of hydrogen-bond acceptors (Lipinski definition) is 6. The Morgan fingerprint density at radius 1 is 1.26 bits per heavy atom. The van der Waals surface area contributed by atoms with Gasteiger partial charge in [-0.25, -0.2) is 4.98 Å². The molecule has 35 heavy (non-hydrogen) atoms. The number of hydrogen-bond donors (Lipinski definition) is 2. The van der Waals surface area contributed by atoms with E-state index >= 15 is 0 Å². The number of aromatic amines is 1. The van der Waals surface area contributed by atoms with E-state index in [0.717, 1.165) is 73.1 Å². The van der Waals surface area contributed by atoms with Crippen molar-refractivity contribution in [2.45, 2.75) is 57.3 Å². The van der Waals surface area contributed by atoms with Crippen LogP contribution in [0.25, 0.3) is 10.9 Å². The van der Waals surface area contributed by atoms with Crippen molar-refractivity contribution in [1.82, 2.24) is 25.4 Å². The maximum Gasteiger partial charge on any atom is 0.422 e. The second-order valence-electron chi connectivity index (χ2n) is 9.40. The van der Waals surface area contributed by atoms with Gasteiger partial charge in [-0.3, -0.25) is 14.8 Å². The van der Waals surface area contributed by atoms with E-state index in [1.54, 1.807) is 6.20 Å². The highest BCUT2D eigenvalue weighted by atomic mass is 32.1. The van der Waals surface area contributed by atoms with Crippen molar-refractivity contribution in [3.8, 4) is 5.19 Å². The summed E-state index contributed by atoms with van der Waals surface area (Å²) in [4.78, 5) is 20.4. The molecule has 0 unspecified atom stereocenters. The number of ether oxygens (including phenoxy) is 1. The van der Waals surface area contributed by atoms with Crippen LogP contribution in [0, 0.1) is 5.92 Å². The summed E-state index contributed by atoms with van der Waals surface area (Å²) in [6, 6.07) is 5.78. The van der Waals surface area contributed by atoms with E-state index in [0.29, 0.717) is 18.0 Å². The van der Waals surface area contributed by atoms with E-state index in [4.69, 9.17) is 4.74 Å². The number of alkyl halides is 3. The first-order valence-corrected chi connectivity index (χ1v) is 12.8. The van der Waals surface area contributed by atoms with Crippen molar-refractivity contribution in [3.63, 3.8) is 0 Å². The molecule has 3 aromatic rings. The van der Waals surface area contributed by atoms with Gasteiger partial charge in [-0.05, 0) is 63.1 Å². The lowest BCUT2D eigenvalue weighted by Crippen LogP contribution is -2.38. The minimum atomic E-state index is -4.35. The zero-order valence-corrected chi connectivity index (χ0v) is 20.1. The zero-order chi connectivity index (χ0) is 24.4. The van der Waals surface area contributed by atoms with Crippen molar-refractivity contribution >= 4 is 28.1 Å². The van der Waals surface area contributed by atoms with Gasteiger partial charge in [0.25, 0.3) is 11.1 Å². The number of carbonyl (C=O) groups is 1. The van der Waals surface area contributed by atoms with Gasteiger partial charge in [0.1, 0.15) is 0 Å². The SMILES string of the molecule is O=C(NC1CCC(CCN2CCc3sc(OCC(F)(F)F)nc3C2)CC1)c1cccc2[nH]ncc12. The molecule has 2 N–H and O–H groups in total. The van der Waals surface area contributed by atoms with E-state index in [9.17, 15) is 18.0 Å². The number of fused-ring (bicyclic) bond motifs is 2. The van der Waals surface area contributed by atoms with Gasteiger partial charge in [0, 0.05) is 29.4 Å². The summed E-state index contributed by atoms with van der Waals surface area (Å²) in [5, 5.41) is 11.1. The Morgan fingerprint density at radius 3 is 2.89 bits per heavy atom. The molecule has 2 aliphatic rings. The summed E-state index contributed by atoms with van der Waals surface area (Å²) in [5.41, 5.74) is 2.35. The fraction of sp³-hybridized carbons (Fsp3) is 0.542. The van der Waals surface area contributed by atoms with Crippen LogP contribution in [-0.2, 0) is 13.0 Å². The van der Waals surface area contributed by atoms with Crippen LogP contribution < -0.4 is 10.1 Å². The molecule has 1 aliphatic carbocycles. The molecule has 2 aromatic heterocycles. The minimum absolute atomic E-state index is 0.0496. The summed E-state index contributed by atoms with van der Waals surface area (Å²) in [7, 11) is 0. The van der Waals surface area contributed by atoms with Gasteiger partial charge in [-0.2, -0.15) is 18.3 Å². The Balaban J connectivity index is 1.05. The average molecular weight is 508 g/mol. The van der Waals surface area contributed by atoms with Crippen LogP contribution in [0.15, 0.2) is 24.4 Å². The third kappa shape index (κ3) is 5.95. The third-order valence-electron chi connectivity index (χ3n) is 6.91. The van der Waals surface area contributed by atoms with Crippen LogP contribution >= 0.6 is 11.3 Å². The first kappa shape index (κ1) is 24.1. The molecular weight excluding hydrogens is 479 g/mol. The molecule has 0 spiro atoms. The molecule has 1 fully saturated rings. The standard InChI is InChI=1S/C24H28F3N5O2S/c25-24(26,27)14-34-23-30-20-13-32(11-9-21(20)35-23)10-8-15-4-6-16(7-5-15)29-22(33)17-2-1-3-19-18(17)12-28-31-19/h1-3,12,15-16H,4-11,13-14H2,(H,28,31)(H,29,33). The second-order valence-corrected chi connectivity index (χ2v) is 10.4. The number of nitrogens with zero attached hydrogens (tertiary/aromatic N) is 3. The highest BCUT2D eigenvalue weighted by Gasteiger charge is 2.30. The molecule has 1 aromatic carbocycles. The predicted molar refractivity (Wildman–Crippen MR) is 127 cm³/mol. The van der Waals surface area contributed by atoms with Gasteiger partial charge < -0.3 is 10.1 Å². The second kappa shape index (κ2) is 10.1. The maximum atomic E-state index is 12.8. The molecule has 1 saturated carbocycles. The third-order valence-corrected chi connectivity index (χ3v) is 7.98. The van der Waals surface area contributed by atoms with E-state index in [1.807, 2.05) is 18.2 Å². The van der Waals surface area contributed by atoms with E-state index in [1.165, 1.54) is 11.3 Å². The molecule has 0 atom stereocenters. The highest BCUT2D eigenvalue weighted by molar-refractivity contribution is 7.13. The van der Waals surface area contributed by atoms with E-state index in [2.05, 4.69) is 25.4 Å². The van der Waals surface area contributed by atoms with Crippen LogP contribution in [0.1, 0.15) is 53.0 Å². The lowest BCUT2D eigenvalue weighted by Gasteiger charge is -2.32. The Labute approximate surface area is 205 Å². The van der Waals surface area contributed by atoms with Crippen molar-refractivity contribution in [2.75, 3.05) is 19.7 Å². The van der Waals surface area contributed by atoms with Gasteiger partial charge in [-0.15, -0.1) is 0 Å². The molecule has 1 aliphatic heterocycles. The fourth-order valence-corrected chi connectivity index (χ4v) is 5.92. The fourth-order valence-electron chi connectivity index (χ4n) is 5.02. The lowest BCUT2D eigenvalue weighted by molar-refractivity contribution is -0.153. The quantitative estimate of drug-likeness (QED) is 0.485. The van der Waals surface area contributed by atoms with Gasteiger partial charge >= 0.3 is 6.18 Å². The van der Waals surface area contributed by atoms with Crippen molar-refractivity contribution in [3.05, 3.63) is 40.5 Å². The molecule has 5 rings (SSSR count). The van der Waals surface area contributed by atoms with Gasteiger partial charge in [0.05, 0.1) is 23.0 Å². The van der Waals surface area contributed by atoms with E-state index in [-0.39, 0.29) is 17.1 Å². The minimum Gasteiger partial charge on any atom is -0.460 e. The molecule has 7 nitrogen and oxygen atoms in total. The van der Waals surface area contributed by atoms with Crippen molar-refractivity contribution in [2.24, 2.45) is 5.92 Å². The molecule has 188 valence electrons. The largest absolute Gasteiger partial charge is 0.460 e. The van der Waals surface area contributed by atoms with E-state index < -0.39 is 12.8 Å². The van der Waals surface area contributed by atoms with Crippen LogP contribution in [0.2, 0.25) is 0 Å². The van der Waals surface area contributed by atoms with Gasteiger partial charge in [0.15, 0.2) is 6.61 Å². The molecule has 0 radical (unpaired) electrons. The number of halogens is 3. The molecule has 0 saturated heterocycles. The average Bonchev–Trinajstić information content (AvgIpc) is 3.48. The highest BCUT2D eigenvalue weighted by Crippen LogP contribution is 2.32. The Hall–Kier alpha value is -2.66. The van der Waals surface area contributed by atoms with Gasteiger partial charge in [-0.1, -0.05) is 17.4 Å². The number of amides is 1. The number of carbonyl (C=O) groups excluding carboxylic acids is 1. The Kier molecular flexibility index (Phi) is 6.97. The van der Waals surface area contributed by atoms with Crippen LogP contribution in [0.3, 0.4) is 0 Å². The molecule has 1 amide bonds.